The number of allylic oxidation sites excluding steroid dienone is 4. The van der Waals surface area contributed by atoms with Crippen LogP contribution in [0.2, 0.25) is 3.23 Å². The Morgan fingerprint density at radius 1 is 1.62 bits per heavy atom. The standard InChI is InChI=1S/C6H7.ClH.Y/c1-6-4-2-3-5-6;;/h2-4H,1,5H2;1H;. The molecular formula is C6H8ClY. The maximum atomic E-state index is 2.23. The van der Waals surface area contributed by atoms with E-state index >= 15 is 0 Å². The van der Waals surface area contributed by atoms with Gasteiger partial charge in [0.05, 0.1) is 0 Å². The van der Waals surface area contributed by atoms with Crippen LogP contribution < -0.4 is 0 Å². The summed E-state index contributed by atoms with van der Waals surface area (Å²) in [6.07, 6.45) is 7.81. The molecule has 0 atom stereocenters. The predicted octanol–water partition coefficient (Wildman–Crippen LogP) is 2.26. The van der Waals surface area contributed by atoms with Crippen LogP contribution >= 0.6 is 12.4 Å². The molecule has 0 aromatic rings. The predicted molar refractivity (Wildman–Crippen MR) is 33.9 cm³/mol. The van der Waals surface area contributed by atoms with Crippen molar-refractivity contribution in [2.75, 3.05) is 0 Å². The molecule has 0 aliphatic heterocycles. The topological polar surface area (TPSA) is 0 Å². The number of hydrogen-bond acceptors (Lipinski definition) is 0. The summed E-state index contributed by atoms with van der Waals surface area (Å²) in [5.41, 5.74) is 1.61. The van der Waals surface area contributed by atoms with Crippen LogP contribution in [0.3, 0.4) is 0 Å². The van der Waals surface area contributed by atoms with Crippen LogP contribution in [0.25, 0.3) is 0 Å². The molecule has 0 N–H and O–H groups in total. The summed E-state index contributed by atoms with van der Waals surface area (Å²) in [5.74, 6) is 0. The molecule has 0 unspecified atom stereocenters. The molecule has 0 amide bonds. The van der Waals surface area contributed by atoms with Gasteiger partial charge in [-0.05, 0) is 0 Å². The number of rotatable bonds is 1. The summed E-state index contributed by atoms with van der Waals surface area (Å²) < 4.78 is 1.35. The zero-order chi connectivity index (χ0) is 5.11. The Balaban J connectivity index is 0.000000490. The normalized spacial score (nSPS) is 15.1. The Kier molecular flexibility index (Phi) is 5.24. The third-order valence-electron chi connectivity index (χ3n) is 1.11. The third kappa shape index (κ3) is 2.43. The quantitative estimate of drug-likeness (QED) is 0.615. The van der Waals surface area contributed by atoms with Crippen molar-refractivity contribution >= 4 is 12.4 Å². The van der Waals surface area contributed by atoms with Gasteiger partial charge in [-0.2, -0.15) is 0 Å². The molecule has 1 rings (SSSR count). The number of hydrogen-bond donors (Lipinski definition) is 0. The fraction of sp³-hybridized carbons (Fsp3) is 0.333. The molecule has 8 heavy (non-hydrogen) atoms. The van der Waals surface area contributed by atoms with E-state index in [1.807, 2.05) is 0 Å². The van der Waals surface area contributed by atoms with Gasteiger partial charge in [-0.15, -0.1) is 12.4 Å². The summed E-state index contributed by atoms with van der Waals surface area (Å²) in [4.78, 5) is 0. The van der Waals surface area contributed by atoms with Crippen LogP contribution in [-0.2, 0) is 31.0 Å². The molecule has 0 aromatic carbocycles. The molecule has 0 fully saturated rings. The van der Waals surface area contributed by atoms with Crippen molar-refractivity contribution in [3.63, 3.8) is 0 Å². The molecule has 0 radical (unpaired) electrons. The fourth-order valence-corrected chi connectivity index (χ4v) is 1.39. The van der Waals surface area contributed by atoms with Gasteiger partial charge in [0, 0.05) is 0 Å². The fourth-order valence-electron chi connectivity index (χ4n) is 0.643. The first-order valence-electron chi connectivity index (χ1n) is 2.48. The van der Waals surface area contributed by atoms with Crippen molar-refractivity contribution in [2.24, 2.45) is 0 Å². The van der Waals surface area contributed by atoms with Gasteiger partial charge in [-0.1, -0.05) is 0 Å². The van der Waals surface area contributed by atoms with E-state index in [1.54, 1.807) is 5.57 Å². The molecule has 0 heterocycles. The van der Waals surface area contributed by atoms with Crippen LogP contribution in [-0.4, -0.2) is 0 Å². The Hall–Kier alpha value is 0.874. The summed E-state index contributed by atoms with van der Waals surface area (Å²) in [6, 6.07) is 0. The van der Waals surface area contributed by atoms with Gasteiger partial charge < -0.3 is 0 Å². The molecule has 42 valence electrons. The van der Waals surface area contributed by atoms with E-state index in [1.165, 1.54) is 40.6 Å². The first kappa shape index (κ1) is 8.87. The van der Waals surface area contributed by atoms with Crippen molar-refractivity contribution in [3.8, 4) is 0 Å². The van der Waals surface area contributed by atoms with Crippen LogP contribution in [0.15, 0.2) is 23.8 Å². The van der Waals surface area contributed by atoms with Crippen molar-refractivity contribution < 1.29 is 31.0 Å². The van der Waals surface area contributed by atoms with Gasteiger partial charge in [-0.25, -0.2) is 0 Å². The maximum absolute atomic E-state index is 2.23. The van der Waals surface area contributed by atoms with Crippen LogP contribution in [0.4, 0.5) is 0 Å². The van der Waals surface area contributed by atoms with E-state index in [2.05, 4.69) is 18.2 Å². The van der Waals surface area contributed by atoms with E-state index in [4.69, 9.17) is 0 Å². The molecule has 1 aliphatic rings. The van der Waals surface area contributed by atoms with Crippen molar-refractivity contribution in [1.82, 2.24) is 0 Å². The molecule has 0 spiro atoms. The van der Waals surface area contributed by atoms with Crippen molar-refractivity contribution in [1.29, 1.82) is 0 Å². The van der Waals surface area contributed by atoms with Gasteiger partial charge in [-0.3, -0.25) is 0 Å². The minimum atomic E-state index is 0. The second kappa shape index (κ2) is 4.72. The van der Waals surface area contributed by atoms with Crippen LogP contribution in [0, 0.1) is 0 Å². The second-order valence-electron chi connectivity index (χ2n) is 1.66. The molecular weight excluding hydrogens is 196 g/mol. The summed E-state index contributed by atoms with van der Waals surface area (Å²) >= 11 is 1.38. The molecule has 2 heteroatoms. The van der Waals surface area contributed by atoms with Crippen molar-refractivity contribution in [2.45, 2.75) is 9.65 Å². The van der Waals surface area contributed by atoms with Gasteiger partial charge >= 0.3 is 64.4 Å². The Morgan fingerprint density at radius 2 is 2.38 bits per heavy atom. The zero-order valence-corrected chi connectivity index (χ0v) is 8.29. The second-order valence-corrected chi connectivity index (χ2v) is 2.66. The molecule has 0 nitrogen and oxygen atoms in total. The third-order valence-corrected chi connectivity index (χ3v) is 2.40. The first-order valence-corrected chi connectivity index (χ1v) is 4.49. The van der Waals surface area contributed by atoms with Gasteiger partial charge in [0.1, 0.15) is 0 Å². The average Bonchev–Trinajstić information content (AvgIpc) is 2.14. The van der Waals surface area contributed by atoms with Crippen molar-refractivity contribution in [3.05, 3.63) is 23.8 Å². The molecule has 0 saturated heterocycles. The van der Waals surface area contributed by atoms with E-state index in [-0.39, 0.29) is 12.4 Å². The monoisotopic (exact) mass is 204 g/mol. The Morgan fingerprint density at radius 3 is 2.62 bits per heavy atom. The van der Waals surface area contributed by atoms with Gasteiger partial charge in [0.25, 0.3) is 0 Å². The van der Waals surface area contributed by atoms with Crippen LogP contribution in [0.5, 0.6) is 0 Å². The first-order chi connectivity index (χ1) is 3.43. The molecule has 0 saturated carbocycles. The minimum absolute atomic E-state index is 0. The van der Waals surface area contributed by atoms with Gasteiger partial charge in [0.15, 0.2) is 0 Å². The molecule has 0 bridgehead atoms. The zero-order valence-electron chi connectivity index (χ0n) is 4.63. The van der Waals surface area contributed by atoms with Crippen LogP contribution in [0.1, 0.15) is 6.42 Å². The van der Waals surface area contributed by atoms with E-state index in [9.17, 15) is 0 Å². The summed E-state index contributed by atoms with van der Waals surface area (Å²) in [6.45, 7) is 0. The van der Waals surface area contributed by atoms with E-state index < -0.39 is 0 Å². The summed E-state index contributed by atoms with van der Waals surface area (Å²) in [7, 11) is 0. The van der Waals surface area contributed by atoms with Gasteiger partial charge in [0.2, 0.25) is 0 Å². The Bertz CT molecular complexity index is 116. The Labute approximate surface area is 76.3 Å². The average molecular weight is 204 g/mol. The van der Waals surface area contributed by atoms with E-state index in [0.717, 1.165) is 0 Å². The SMILES string of the molecule is Cl.[Y][CH2]C1=CC=CC1. The molecule has 0 aromatic heterocycles. The summed E-state index contributed by atoms with van der Waals surface area (Å²) in [5, 5.41) is 0. The van der Waals surface area contributed by atoms with E-state index in [0.29, 0.717) is 0 Å². The molecule has 1 aliphatic carbocycles. The number of halogens is 1.